The Balaban J connectivity index is 2.28. The van der Waals surface area contributed by atoms with Crippen molar-refractivity contribution in [2.45, 2.75) is 12.8 Å². The highest BCUT2D eigenvalue weighted by molar-refractivity contribution is 7.88. The quantitative estimate of drug-likeness (QED) is 0.379. The first-order valence-electron chi connectivity index (χ1n) is 5.46. The molecule has 2 unspecified atom stereocenters. The van der Waals surface area contributed by atoms with E-state index in [0.29, 0.717) is 18.4 Å². The average molecular weight is 274 g/mol. The lowest BCUT2D eigenvalue weighted by atomic mass is 9.87. The lowest BCUT2D eigenvalue weighted by Gasteiger charge is -2.35. The lowest BCUT2D eigenvalue weighted by Crippen LogP contribution is -2.48. The second-order valence-electron chi connectivity index (χ2n) is 4.97. The molecule has 100 valence electrons. The van der Waals surface area contributed by atoms with Crippen LogP contribution in [0, 0.1) is 11.3 Å². The van der Waals surface area contributed by atoms with Crippen molar-refractivity contribution in [3.05, 3.63) is 5.57 Å². The third-order valence-corrected chi connectivity index (χ3v) is 4.86. The molecule has 1 aliphatic heterocycles. The maximum atomic E-state index is 11.6. The molecule has 1 amide bonds. The molecule has 0 aromatic heterocycles. The number of rotatable bonds is 2. The Kier molecular flexibility index (Phi) is 3.06. The van der Waals surface area contributed by atoms with Crippen molar-refractivity contribution in [1.82, 2.24) is 9.79 Å². The number of hydrogen-bond donors (Lipinski definition) is 2. The normalized spacial score (nSPS) is 32.1. The first-order valence-corrected chi connectivity index (χ1v) is 7.31. The molecule has 2 N–H and O–H groups in total. The summed E-state index contributed by atoms with van der Waals surface area (Å²) in [5.74, 6) is 0.526. The Morgan fingerprint density at radius 1 is 1.61 bits per heavy atom. The molecule has 18 heavy (non-hydrogen) atoms. The van der Waals surface area contributed by atoms with Crippen LogP contribution in [0.3, 0.4) is 0 Å². The standard InChI is InChI=1S/C10H14N2O5S/c1-18(16,17)12-4-7(9(14)11-15)2-10(6-12)3-8(10)5-13/h7,15H,2-4,6H2,1H3,(H,11,14). The Labute approximate surface area is 104 Å². The molecule has 1 heterocycles. The van der Waals surface area contributed by atoms with Gasteiger partial charge in [0.15, 0.2) is 0 Å². The molecule has 2 aliphatic rings. The number of hydroxylamine groups is 1. The Morgan fingerprint density at radius 3 is 2.72 bits per heavy atom. The fourth-order valence-corrected chi connectivity index (χ4v) is 3.49. The van der Waals surface area contributed by atoms with Gasteiger partial charge in [0.05, 0.1) is 12.2 Å². The number of sulfonamides is 1. The first kappa shape index (κ1) is 13.2. The Hall–Kier alpha value is -1.21. The topological polar surface area (TPSA) is 104 Å². The van der Waals surface area contributed by atoms with E-state index in [1.807, 2.05) is 0 Å². The largest absolute Gasteiger partial charge is 0.289 e. The molecule has 1 spiro atoms. The van der Waals surface area contributed by atoms with Gasteiger partial charge < -0.3 is 0 Å². The molecule has 2 atom stereocenters. The minimum Gasteiger partial charge on any atom is -0.289 e. The molecule has 1 aliphatic carbocycles. The second kappa shape index (κ2) is 4.17. The van der Waals surface area contributed by atoms with Crippen LogP contribution in [0.25, 0.3) is 0 Å². The number of amides is 1. The van der Waals surface area contributed by atoms with Crippen LogP contribution in [-0.4, -0.2) is 49.1 Å². The van der Waals surface area contributed by atoms with Gasteiger partial charge in [0.25, 0.3) is 0 Å². The van der Waals surface area contributed by atoms with Gasteiger partial charge in [-0.25, -0.2) is 23.0 Å². The maximum absolute atomic E-state index is 11.6. The van der Waals surface area contributed by atoms with Crippen LogP contribution in [0.4, 0.5) is 0 Å². The highest BCUT2D eigenvalue weighted by Crippen LogP contribution is 2.57. The van der Waals surface area contributed by atoms with Crippen LogP contribution >= 0.6 is 0 Å². The van der Waals surface area contributed by atoms with Crippen LogP contribution in [0.5, 0.6) is 0 Å². The predicted octanol–water partition coefficient (Wildman–Crippen LogP) is -1.08. The molecule has 0 aromatic carbocycles. The molecule has 0 radical (unpaired) electrons. The van der Waals surface area contributed by atoms with E-state index < -0.39 is 27.3 Å². The fraction of sp³-hybridized carbons (Fsp3) is 0.700. The predicted molar refractivity (Wildman–Crippen MR) is 60.7 cm³/mol. The molecule has 0 bridgehead atoms. The Bertz CT molecular complexity index is 536. The monoisotopic (exact) mass is 274 g/mol. The van der Waals surface area contributed by atoms with E-state index in [-0.39, 0.29) is 13.1 Å². The lowest BCUT2D eigenvalue weighted by molar-refractivity contribution is -0.135. The maximum Gasteiger partial charge on any atom is 0.247 e. The van der Waals surface area contributed by atoms with E-state index in [0.717, 1.165) is 6.26 Å². The molecule has 7 nitrogen and oxygen atoms in total. The number of hydrogen-bond acceptors (Lipinski definition) is 5. The van der Waals surface area contributed by atoms with Crippen LogP contribution in [0.2, 0.25) is 0 Å². The second-order valence-corrected chi connectivity index (χ2v) is 6.95. The van der Waals surface area contributed by atoms with Gasteiger partial charge in [-0.3, -0.25) is 10.0 Å². The van der Waals surface area contributed by atoms with Gasteiger partial charge in [-0.2, -0.15) is 0 Å². The van der Waals surface area contributed by atoms with Crippen molar-refractivity contribution in [2.24, 2.45) is 11.3 Å². The summed E-state index contributed by atoms with van der Waals surface area (Å²) in [4.78, 5) is 22.1. The van der Waals surface area contributed by atoms with Gasteiger partial charge in [0.2, 0.25) is 15.9 Å². The van der Waals surface area contributed by atoms with Gasteiger partial charge >= 0.3 is 0 Å². The smallest absolute Gasteiger partial charge is 0.247 e. The van der Waals surface area contributed by atoms with Gasteiger partial charge in [0.1, 0.15) is 5.94 Å². The van der Waals surface area contributed by atoms with Crippen LogP contribution < -0.4 is 5.48 Å². The number of nitrogens with one attached hydrogen (secondary N) is 1. The summed E-state index contributed by atoms with van der Waals surface area (Å²) in [6.07, 6.45) is 1.90. The molecule has 0 aromatic rings. The summed E-state index contributed by atoms with van der Waals surface area (Å²) in [6.45, 7) is 0.241. The average Bonchev–Trinajstić information content (AvgIpc) is 2.98. The number of nitrogens with zero attached hydrogens (tertiary/aromatic N) is 1. The zero-order valence-corrected chi connectivity index (χ0v) is 10.7. The minimum absolute atomic E-state index is 0.0269. The third kappa shape index (κ3) is 2.20. The highest BCUT2D eigenvalue weighted by Gasteiger charge is 2.57. The van der Waals surface area contributed by atoms with Crippen molar-refractivity contribution in [3.63, 3.8) is 0 Å². The van der Waals surface area contributed by atoms with Gasteiger partial charge in [-0.05, 0) is 12.8 Å². The summed E-state index contributed by atoms with van der Waals surface area (Å²) < 4.78 is 24.3. The van der Waals surface area contributed by atoms with Crippen LogP contribution in [0.15, 0.2) is 5.57 Å². The third-order valence-electron chi connectivity index (χ3n) is 3.64. The SMILES string of the molecule is CS(=O)(=O)N1CC(C(=O)NO)CC2(CC2=C=O)C1. The molecule has 1 saturated heterocycles. The van der Waals surface area contributed by atoms with E-state index in [1.165, 1.54) is 9.79 Å². The molecule has 2 rings (SSSR count). The van der Waals surface area contributed by atoms with Crippen molar-refractivity contribution in [2.75, 3.05) is 19.3 Å². The van der Waals surface area contributed by atoms with Gasteiger partial charge in [-0.1, -0.05) is 0 Å². The van der Waals surface area contributed by atoms with Crippen molar-refractivity contribution >= 4 is 21.9 Å². The summed E-state index contributed by atoms with van der Waals surface area (Å²) in [5.41, 5.74) is 1.50. The van der Waals surface area contributed by atoms with Crippen LogP contribution in [-0.2, 0) is 19.6 Å². The van der Waals surface area contributed by atoms with E-state index in [2.05, 4.69) is 0 Å². The molecular weight excluding hydrogens is 260 g/mol. The molecular formula is C10H14N2O5S. The summed E-state index contributed by atoms with van der Waals surface area (Å²) in [6, 6.07) is 0. The summed E-state index contributed by atoms with van der Waals surface area (Å²) in [5, 5.41) is 8.64. The van der Waals surface area contributed by atoms with E-state index >= 15 is 0 Å². The molecule has 8 heteroatoms. The number of carbonyl (C=O) groups is 1. The number of piperidine rings is 1. The minimum atomic E-state index is -3.43. The van der Waals surface area contributed by atoms with E-state index in [9.17, 15) is 18.0 Å². The van der Waals surface area contributed by atoms with Gasteiger partial charge in [0, 0.05) is 24.1 Å². The summed E-state index contributed by atoms with van der Waals surface area (Å²) in [7, 11) is -3.43. The van der Waals surface area contributed by atoms with Crippen LogP contribution in [0.1, 0.15) is 12.8 Å². The Morgan fingerprint density at radius 2 is 2.28 bits per heavy atom. The van der Waals surface area contributed by atoms with Crippen molar-refractivity contribution in [1.29, 1.82) is 0 Å². The molecule has 2 fully saturated rings. The number of carbonyl (C=O) groups excluding carboxylic acids is 2. The first-order chi connectivity index (χ1) is 8.32. The fourth-order valence-electron chi connectivity index (χ4n) is 2.55. The van der Waals surface area contributed by atoms with Crippen molar-refractivity contribution < 1.29 is 23.2 Å². The van der Waals surface area contributed by atoms with E-state index in [4.69, 9.17) is 5.21 Å². The zero-order chi connectivity index (χ0) is 13.6. The van der Waals surface area contributed by atoms with Gasteiger partial charge in [-0.15, -0.1) is 0 Å². The van der Waals surface area contributed by atoms with Crippen molar-refractivity contribution in [3.8, 4) is 0 Å². The summed E-state index contributed by atoms with van der Waals surface area (Å²) >= 11 is 0. The zero-order valence-electron chi connectivity index (χ0n) is 9.84. The highest BCUT2D eigenvalue weighted by atomic mass is 32.2. The van der Waals surface area contributed by atoms with E-state index in [1.54, 1.807) is 5.94 Å². The molecule has 1 saturated carbocycles.